The molecule has 0 heterocycles. The molecule has 1 heteroatoms. The van der Waals surface area contributed by atoms with E-state index < -0.39 is 0 Å². The van der Waals surface area contributed by atoms with E-state index in [2.05, 4.69) is 79.5 Å². The van der Waals surface area contributed by atoms with Gasteiger partial charge in [-0.1, -0.05) is 71.8 Å². The molecule has 26 heavy (non-hydrogen) atoms. The van der Waals surface area contributed by atoms with E-state index >= 15 is 0 Å². The molecule has 3 atom stereocenters. The summed E-state index contributed by atoms with van der Waals surface area (Å²) in [7, 11) is 2.33. The maximum Gasteiger partial charge on any atom is 0.0165 e. The molecule has 1 saturated carbocycles. The van der Waals surface area contributed by atoms with Crippen molar-refractivity contribution in [1.29, 1.82) is 0 Å². The second-order valence-electron chi connectivity index (χ2n) is 9.31. The second-order valence-corrected chi connectivity index (χ2v) is 9.31. The minimum absolute atomic E-state index is 0.416. The van der Waals surface area contributed by atoms with Gasteiger partial charge in [-0.3, -0.25) is 4.90 Å². The fourth-order valence-corrected chi connectivity index (χ4v) is 4.72. The zero-order chi connectivity index (χ0) is 20.5. The van der Waals surface area contributed by atoms with Gasteiger partial charge in [-0.15, -0.1) is 0 Å². The van der Waals surface area contributed by atoms with Gasteiger partial charge in [0.25, 0.3) is 0 Å². The first-order chi connectivity index (χ1) is 12.1. The lowest BCUT2D eigenvalue weighted by atomic mass is 9.61. The number of likely N-dealkylation sites (N-methyl/N-ethyl adjacent to an activating group) is 1. The van der Waals surface area contributed by atoms with Crippen LogP contribution in [-0.2, 0) is 0 Å². The van der Waals surface area contributed by atoms with E-state index in [1.54, 1.807) is 0 Å². The summed E-state index contributed by atoms with van der Waals surface area (Å²) in [4.78, 5) is 2.62. The van der Waals surface area contributed by atoms with Crippen molar-refractivity contribution in [2.45, 2.75) is 107 Å². The standard InChI is InChI=1S/C23H43N.C2H6/c1-10-21(23(8)16-14-20(5)22(23,6)7)24(9)17-15-19(4)13-11-12-18(2)3;1-2/h12,15,20-21H,10-11,13-14,16-17H2,1-9H3;1-2H3/b19-15+;. The summed E-state index contributed by atoms with van der Waals surface area (Å²) in [6.07, 6.45) is 11.2. The first kappa shape index (κ1) is 25.4. The quantitative estimate of drug-likeness (QED) is 0.396. The third-order valence-corrected chi connectivity index (χ3v) is 7.27. The summed E-state index contributed by atoms with van der Waals surface area (Å²) < 4.78 is 0. The van der Waals surface area contributed by atoms with Gasteiger partial charge in [0.2, 0.25) is 0 Å². The third-order valence-electron chi connectivity index (χ3n) is 7.27. The number of rotatable bonds is 8. The van der Waals surface area contributed by atoms with Gasteiger partial charge in [-0.05, 0) is 76.7 Å². The molecule has 1 aliphatic carbocycles. The fourth-order valence-electron chi connectivity index (χ4n) is 4.72. The van der Waals surface area contributed by atoms with Crippen molar-refractivity contribution in [1.82, 2.24) is 4.90 Å². The van der Waals surface area contributed by atoms with E-state index in [0.29, 0.717) is 16.9 Å². The molecule has 0 aromatic rings. The van der Waals surface area contributed by atoms with Crippen molar-refractivity contribution in [3.8, 4) is 0 Å². The summed E-state index contributed by atoms with van der Waals surface area (Å²) >= 11 is 0. The Labute approximate surface area is 166 Å². The molecule has 0 bridgehead atoms. The van der Waals surface area contributed by atoms with Crippen LogP contribution in [0.25, 0.3) is 0 Å². The number of hydrogen-bond acceptors (Lipinski definition) is 1. The van der Waals surface area contributed by atoms with Gasteiger partial charge in [0, 0.05) is 12.6 Å². The molecular formula is C25H49N. The molecule has 0 N–H and O–H groups in total. The Kier molecular flexibility index (Phi) is 11.1. The van der Waals surface area contributed by atoms with Crippen LogP contribution in [0.2, 0.25) is 0 Å². The van der Waals surface area contributed by atoms with E-state index in [1.165, 1.54) is 43.3 Å². The summed E-state index contributed by atoms with van der Waals surface area (Å²) in [6, 6.07) is 0.666. The Bertz CT molecular complexity index is 453. The van der Waals surface area contributed by atoms with Crippen LogP contribution in [0.3, 0.4) is 0 Å². The largest absolute Gasteiger partial charge is 0.299 e. The molecular weight excluding hydrogens is 314 g/mol. The zero-order valence-corrected chi connectivity index (χ0v) is 20.0. The van der Waals surface area contributed by atoms with Crippen LogP contribution in [0, 0.1) is 16.7 Å². The molecule has 0 aliphatic heterocycles. The van der Waals surface area contributed by atoms with E-state index in [-0.39, 0.29) is 0 Å². The van der Waals surface area contributed by atoms with Gasteiger partial charge < -0.3 is 0 Å². The molecule has 0 amide bonds. The molecule has 3 unspecified atom stereocenters. The van der Waals surface area contributed by atoms with Gasteiger partial charge >= 0.3 is 0 Å². The van der Waals surface area contributed by atoms with Crippen molar-refractivity contribution in [2.24, 2.45) is 16.7 Å². The van der Waals surface area contributed by atoms with Crippen LogP contribution in [0.1, 0.15) is 101 Å². The first-order valence-corrected chi connectivity index (χ1v) is 11.1. The predicted molar refractivity (Wildman–Crippen MR) is 121 cm³/mol. The van der Waals surface area contributed by atoms with Crippen molar-refractivity contribution in [3.05, 3.63) is 23.3 Å². The normalized spacial score (nSPS) is 26.3. The molecule has 0 saturated heterocycles. The third kappa shape index (κ3) is 6.25. The van der Waals surface area contributed by atoms with Gasteiger partial charge in [0.05, 0.1) is 0 Å². The van der Waals surface area contributed by atoms with Crippen LogP contribution in [0.4, 0.5) is 0 Å². The van der Waals surface area contributed by atoms with Gasteiger partial charge in [0.15, 0.2) is 0 Å². The molecule has 1 nitrogen and oxygen atoms in total. The van der Waals surface area contributed by atoms with Gasteiger partial charge in [0.1, 0.15) is 0 Å². The molecule has 0 radical (unpaired) electrons. The van der Waals surface area contributed by atoms with Gasteiger partial charge in [-0.25, -0.2) is 0 Å². The predicted octanol–water partition coefficient (Wildman–Crippen LogP) is 7.88. The number of nitrogens with zero attached hydrogens (tertiary/aromatic N) is 1. The molecule has 1 aliphatic rings. The van der Waals surface area contributed by atoms with Crippen molar-refractivity contribution in [3.63, 3.8) is 0 Å². The molecule has 1 rings (SSSR count). The highest BCUT2D eigenvalue weighted by Gasteiger charge is 2.53. The lowest BCUT2D eigenvalue weighted by molar-refractivity contribution is 0.00136. The Hall–Kier alpha value is -0.560. The van der Waals surface area contributed by atoms with Crippen molar-refractivity contribution < 1.29 is 0 Å². The van der Waals surface area contributed by atoms with Crippen molar-refractivity contribution >= 4 is 0 Å². The minimum Gasteiger partial charge on any atom is -0.299 e. The van der Waals surface area contributed by atoms with E-state index in [1.807, 2.05) is 13.8 Å². The molecule has 0 aromatic heterocycles. The summed E-state index contributed by atoms with van der Waals surface area (Å²) in [5.41, 5.74) is 3.79. The fraction of sp³-hybridized carbons (Fsp3) is 0.840. The topological polar surface area (TPSA) is 3.24 Å². The first-order valence-electron chi connectivity index (χ1n) is 11.1. The smallest absolute Gasteiger partial charge is 0.0165 e. The van der Waals surface area contributed by atoms with E-state index in [4.69, 9.17) is 0 Å². The molecule has 1 fully saturated rings. The highest BCUT2D eigenvalue weighted by molar-refractivity contribution is 5.07. The van der Waals surface area contributed by atoms with E-state index in [0.717, 1.165) is 12.5 Å². The van der Waals surface area contributed by atoms with Crippen LogP contribution in [0.15, 0.2) is 23.3 Å². The highest BCUT2D eigenvalue weighted by Crippen LogP contribution is 2.58. The Morgan fingerprint density at radius 2 is 1.69 bits per heavy atom. The summed E-state index contributed by atoms with van der Waals surface area (Å²) in [6.45, 7) is 24.1. The maximum absolute atomic E-state index is 2.62. The summed E-state index contributed by atoms with van der Waals surface area (Å²) in [5, 5.41) is 0. The van der Waals surface area contributed by atoms with Gasteiger partial charge in [-0.2, -0.15) is 0 Å². The highest BCUT2D eigenvalue weighted by atomic mass is 15.1. The van der Waals surface area contributed by atoms with Crippen LogP contribution in [-0.4, -0.2) is 24.5 Å². The lowest BCUT2D eigenvalue weighted by Gasteiger charge is -2.49. The maximum atomic E-state index is 2.62. The SMILES string of the molecule is CC.CCC(N(C)C/C=C(\C)CCC=C(C)C)C1(C)CCC(C)C1(C)C. The average molecular weight is 364 g/mol. The van der Waals surface area contributed by atoms with Crippen molar-refractivity contribution in [2.75, 3.05) is 13.6 Å². The number of hydrogen-bond donors (Lipinski definition) is 0. The molecule has 0 aromatic carbocycles. The molecule has 0 spiro atoms. The monoisotopic (exact) mass is 363 g/mol. The van der Waals surface area contributed by atoms with Crippen LogP contribution >= 0.6 is 0 Å². The number of allylic oxidation sites excluding steroid dienone is 3. The Morgan fingerprint density at radius 1 is 1.12 bits per heavy atom. The minimum atomic E-state index is 0.416. The summed E-state index contributed by atoms with van der Waals surface area (Å²) in [5.74, 6) is 0.825. The van der Waals surface area contributed by atoms with Crippen LogP contribution < -0.4 is 0 Å². The Morgan fingerprint density at radius 3 is 2.12 bits per heavy atom. The lowest BCUT2D eigenvalue weighted by Crippen LogP contribution is -2.50. The van der Waals surface area contributed by atoms with Crippen LogP contribution in [0.5, 0.6) is 0 Å². The zero-order valence-electron chi connectivity index (χ0n) is 20.0. The Balaban J connectivity index is 0.00000301. The van der Waals surface area contributed by atoms with E-state index in [9.17, 15) is 0 Å². The molecule has 154 valence electrons. The second kappa shape index (κ2) is 11.3. The average Bonchev–Trinajstić information content (AvgIpc) is 2.79.